The molecule has 2 heterocycles. The van der Waals surface area contributed by atoms with Crippen molar-refractivity contribution in [3.05, 3.63) is 60.5 Å². The van der Waals surface area contributed by atoms with Crippen LogP contribution in [0, 0.1) is 0 Å². The predicted molar refractivity (Wildman–Crippen MR) is 95.0 cm³/mol. The number of hydrogen-bond donors (Lipinski definition) is 0. The third kappa shape index (κ3) is 2.80. The maximum Gasteiger partial charge on any atom is 0.183 e. The number of methoxy groups -OCH3 is 1. The van der Waals surface area contributed by atoms with Crippen molar-refractivity contribution in [2.75, 3.05) is 19.4 Å². The maximum absolute atomic E-state index is 6.09. The molecule has 0 amide bonds. The van der Waals surface area contributed by atoms with Crippen LogP contribution in [0.2, 0.25) is 0 Å². The Morgan fingerprint density at radius 3 is 2.78 bits per heavy atom. The molecule has 116 valence electrons. The van der Waals surface area contributed by atoms with Crippen LogP contribution in [-0.4, -0.2) is 30.1 Å². The average molecular weight is 324 g/mol. The highest BCUT2D eigenvalue weighted by molar-refractivity contribution is 7.98. The van der Waals surface area contributed by atoms with Crippen molar-refractivity contribution >= 4 is 28.6 Å². The van der Waals surface area contributed by atoms with Gasteiger partial charge in [0.1, 0.15) is 11.5 Å². The number of rotatable bonds is 3. The smallest absolute Gasteiger partial charge is 0.183 e. The molecule has 4 nitrogen and oxygen atoms in total. The maximum atomic E-state index is 6.09. The molecular weight excluding hydrogens is 308 g/mol. The van der Waals surface area contributed by atoms with Gasteiger partial charge in [0.25, 0.3) is 0 Å². The van der Waals surface area contributed by atoms with E-state index in [1.54, 1.807) is 19.1 Å². The largest absolute Gasteiger partial charge is 0.497 e. The molecule has 5 heteroatoms. The van der Waals surface area contributed by atoms with Crippen LogP contribution in [0.5, 0.6) is 11.5 Å². The summed E-state index contributed by atoms with van der Waals surface area (Å²) in [5, 5.41) is 2.24. The molecule has 0 radical (unpaired) electrons. The van der Waals surface area contributed by atoms with E-state index < -0.39 is 0 Å². The lowest BCUT2D eigenvalue weighted by molar-refractivity contribution is 0.415. The molecule has 0 spiro atoms. The molecule has 0 fully saturated rings. The molecule has 0 saturated heterocycles. The third-order valence-corrected chi connectivity index (χ3v) is 4.49. The van der Waals surface area contributed by atoms with Gasteiger partial charge in [-0.2, -0.15) is 4.40 Å². The van der Waals surface area contributed by atoms with Crippen LogP contribution in [0.25, 0.3) is 10.8 Å². The Balaban J connectivity index is 1.65. The zero-order chi connectivity index (χ0) is 15.6. The van der Waals surface area contributed by atoms with Gasteiger partial charge >= 0.3 is 0 Å². The Hall–Kier alpha value is -2.40. The molecule has 0 bridgehead atoms. The molecule has 2 aromatic carbocycles. The molecule has 2 aromatic rings. The minimum absolute atomic E-state index is 0.780. The summed E-state index contributed by atoms with van der Waals surface area (Å²) in [5.41, 5.74) is 0. The summed E-state index contributed by atoms with van der Waals surface area (Å²) in [7, 11) is 1.67. The standard InChI is InChI=1S/C18H16N2O2S/c1-21-15-6-4-13-5-7-16(12-14(13)11-15)22-17-3-2-8-20-9-10-23-19-18(17)20/h2-8,11-12H,9-10H2,1H3. The van der Waals surface area contributed by atoms with Crippen LogP contribution in [0.4, 0.5) is 0 Å². The van der Waals surface area contributed by atoms with Crippen molar-refractivity contribution in [3.8, 4) is 11.5 Å². The number of benzene rings is 2. The topological polar surface area (TPSA) is 34.1 Å². The highest BCUT2D eigenvalue weighted by atomic mass is 32.2. The number of fused-ring (bicyclic) bond motifs is 2. The van der Waals surface area contributed by atoms with Crippen molar-refractivity contribution in [2.45, 2.75) is 0 Å². The number of ether oxygens (including phenoxy) is 2. The third-order valence-electron chi connectivity index (χ3n) is 3.83. The number of hydrogen-bond acceptors (Lipinski definition) is 5. The summed E-state index contributed by atoms with van der Waals surface area (Å²) in [4.78, 5) is 2.12. The van der Waals surface area contributed by atoms with Gasteiger partial charge in [-0.15, -0.1) is 0 Å². The van der Waals surface area contributed by atoms with E-state index >= 15 is 0 Å². The SMILES string of the molecule is COc1ccc2ccc(OC3=CC=CN4CCSN=C34)cc2c1. The monoisotopic (exact) mass is 324 g/mol. The van der Waals surface area contributed by atoms with Crippen LogP contribution >= 0.6 is 11.9 Å². The lowest BCUT2D eigenvalue weighted by Gasteiger charge is -2.28. The van der Waals surface area contributed by atoms with Gasteiger partial charge in [0, 0.05) is 18.5 Å². The van der Waals surface area contributed by atoms with Crippen molar-refractivity contribution < 1.29 is 9.47 Å². The quantitative estimate of drug-likeness (QED) is 0.799. The Labute approximate surface area is 139 Å². The molecule has 0 N–H and O–H groups in total. The molecule has 0 aromatic heterocycles. The second-order valence-electron chi connectivity index (χ2n) is 5.29. The summed E-state index contributed by atoms with van der Waals surface area (Å²) in [6.45, 7) is 0.954. The fourth-order valence-electron chi connectivity index (χ4n) is 2.64. The highest BCUT2D eigenvalue weighted by Gasteiger charge is 2.21. The van der Waals surface area contributed by atoms with Crippen molar-refractivity contribution in [1.82, 2.24) is 4.90 Å². The van der Waals surface area contributed by atoms with Gasteiger partial charge in [-0.25, -0.2) is 0 Å². The molecule has 2 aliphatic heterocycles. The van der Waals surface area contributed by atoms with E-state index in [1.165, 1.54) is 0 Å². The van der Waals surface area contributed by atoms with E-state index in [0.29, 0.717) is 0 Å². The van der Waals surface area contributed by atoms with Crippen molar-refractivity contribution in [2.24, 2.45) is 4.40 Å². The molecule has 0 saturated carbocycles. The molecule has 23 heavy (non-hydrogen) atoms. The van der Waals surface area contributed by atoms with Gasteiger partial charge in [0.2, 0.25) is 0 Å². The van der Waals surface area contributed by atoms with E-state index in [-0.39, 0.29) is 0 Å². The second-order valence-corrected chi connectivity index (χ2v) is 6.14. The number of amidine groups is 1. The van der Waals surface area contributed by atoms with E-state index in [2.05, 4.69) is 15.4 Å². The van der Waals surface area contributed by atoms with Gasteiger partial charge in [-0.1, -0.05) is 12.1 Å². The fourth-order valence-corrected chi connectivity index (χ4v) is 3.33. The summed E-state index contributed by atoms with van der Waals surface area (Å²) >= 11 is 1.58. The van der Waals surface area contributed by atoms with Crippen LogP contribution in [0.15, 0.2) is 64.9 Å². The molecule has 4 rings (SSSR count). The Morgan fingerprint density at radius 1 is 1.09 bits per heavy atom. The first kappa shape index (κ1) is 14.2. The first-order chi connectivity index (χ1) is 11.3. The van der Waals surface area contributed by atoms with Crippen LogP contribution < -0.4 is 9.47 Å². The van der Waals surface area contributed by atoms with Crippen molar-refractivity contribution in [3.63, 3.8) is 0 Å². The lowest BCUT2D eigenvalue weighted by Crippen LogP contribution is -2.34. The van der Waals surface area contributed by atoms with Crippen LogP contribution in [0.1, 0.15) is 0 Å². The number of nitrogens with zero attached hydrogens (tertiary/aromatic N) is 2. The lowest BCUT2D eigenvalue weighted by atomic mass is 10.1. The van der Waals surface area contributed by atoms with Gasteiger partial charge in [-0.05, 0) is 59.1 Å². The van der Waals surface area contributed by atoms with Crippen molar-refractivity contribution in [1.29, 1.82) is 0 Å². The zero-order valence-electron chi connectivity index (χ0n) is 12.7. The first-order valence-electron chi connectivity index (χ1n) is 7.44. The fraction of sp³-hybridized carbons (Fsp3) is 0.167. The Morgan fingerprint density at radius 2 is 1.91 bits per heavy atom. The van der Waals surface area contributed by atoms with E-state index in [9.17, 15) is 0 Å². The summed E-state index contributed by atoms with van der Waals surface area (Å²) < 4.78 is 15.9. The highest BCUT2D eigenvalue weighted by Crippen LogP contribution is 2.28. The molecule has 0 atom stereocenters. The van der Waals surface area contributed by atoms with Gasteiger partial charge < -0.3 is 14.4 Å². The van der Waals surface area contributed by atoms with Crippen LogP contribution in [-0.2, 0) is 0 Å². The number of allylic oxidation sites excluding steroid dienone is 2. The van der Waals surface area contributed by atoms with E-state index in [4.69, 9.17) is 9.47 Å². The molecule has 0 aliphatic carbocycles. The summed E-state index contributed by atoms with van der Waals surface area (Å²) in [6, 6.07) is 12.1. The zero-order valence-corrected chi connectivity index (χ0v) is 13.5. The van der Waals surface area contributed by atoms with Crippen LogP contribution in [0.3, 0.4) is 0 Å². The first-order valence-corrected chi connectivity index (χ1v) is 8.39. The summed E-state index contributed by atoms with van der Waals surface area (Å²) in [5.74, 6) is 4.30. The predicted octanol–water partition coefficient (Wildman–Crippen LogP) is 4.00. The molecule has 0 unspecified atom stereocenters. The normalized spacial score (nSPS) is 16.7. The van der Waals surface area contributed by atoms with Gasteiger partial charge in [0.15, 0.2) is 11.6 Å². The minimum atomic E-state index is 0.780. The summed E-state index contributed by atoms with van der Waals surface area (Å²) in [6.07, 6.45) is 5.99. The average Bonchev–Trinajstić information content (AvgIpc) is 2.61. The molecule has 2 aliphatic rings. The Bertz CT molecular complexity index is 842. The van der Waals surface area contributed by atoms with Gasteiger partial charge in [0.05, 0.1) is 7.11 Å². The minimum Gasteiger partial charge on any atom is -0.497 e. The van der Waals surface area contributed by atoms with E-state index in [1.807, 2.05) is 48.7 Å². The van der Waals surface area contributed by atoms with Gasteiger partial charge in [-0.3, -0.25) is 0 Å². The molecular formula is C18H16N2O2S. The Kier molecular flexibility index (Phi) is 3.71. The second kappa shape index (κ2) is 6.01. The van der Waals surface area contributed by atoms with E-state index in [0.717, 1.165) is 46.2 Å².